The van der Waals surface area contributed by atoms with Crippen LogP contribution in [0.15, 0.2) is 0 Å². The molecule has 86 valence electrons. The molecule has 0 radical (unpaired) electrons. The Labute approximate surface area is 91.5 Å². The zero-order valence-electron chi connectivity index (χ0n) is 8.98. The summed E-state index contributed by atoms with van der Waals surface area (Å²) in [7, 11) is -2.71. The van der Waals surface area contributed by atoms with Gasteiger partial charge in [0.05, 0.1) is 11.5 Å². The Morgan fingerprint density at radius 1 is 1.07 bits per heavy atom. The van der Waals surface area contributed by atoms with Crippen LogP contribution in [0.2, 0.25) is 0 Å². The highest BCUT2D eigenvalue weighted by atomic mass is 32.2. The summed E-state index contributed by atoms with van der Waals surface area (Å²) in [6, 6.07) is 0.876. The fourth-order valence-corrected chi connectivity index (χ4v) is 5.36. The summed E-state index contributed by atoms with van der Waals surface area (Å²) < 4.78 is 22.7. The van der Waals surface area contributed by atoms with Gasteiger partial charge in [0.25, 0.3) is 0 Å². The van der Waals surface area contributed by atoms with E-state index in [1.54, 1.807) is 0 Å². The van der Waals surface area contributed by atoms with Gasteiger partial charge in [-0.25, -0.2) is 8.42 Å². The molecule has 0 unspecified atom stereocenters. The second-order valence-corrected chi connectivity index (χ2v) is 7.78. The smallest absolute Gasteiger partial charge is 0.151 e. The molecule has 3 aliphatic rings. The predicted octanol–water partition coefficient (Wildman–Crippen LogP) is 0.952. The first-order valence-corrected chi connectivity index (χ1v) is 7.91. The lowest BCUT2D eigenvalue weighted by atomic mass is 9.94. The molecule has 3 rings (SSSR count). The molecule has 0 amide bonds. The Balaban J connectivity index is 1.58. The van der Waals surface area contributed by atoms with Crippen molar-refractivity contribution < 1.29 is 8.42 Å². The predicted molar refractivity (Wildman–Crippen MR) is 59.4 cm³/mol. The Morgan fingerprint density at radius 3 is 2.47 bits per heavy atom. The molecule has 0 aromatic heterocycles. The SMILES string of the molecule is O=S1(=O)CC[C@H](N[C@H]2C[C@H]3CC[C@H]2C3)C1. The lowest BCUT2D eigenvalue weighted by Gasteiger charge is -2.25. The van der Waals surface area contributed by atoms with Crippen molar-refractivity contribution >= 4 is 9.84 Å². The minimum atomic E-state index is -2.71. The lowest BCUT2D eigenvalue weighted by molar-refractivity contribution is 0.326. The van der Waals surface area contributed by atoms with E-state index in [1.165, 1.54) is 25.7 Å². The summed E-state index contributed by atoms with van der Waals surface area (Å²) in [5.74, 6) is 2.55. The first kappa shape index (κ1) is 10.1. The van der Waals surface area contributed by atoms with Gasteiger partial charge >= 0.3 is 0 Å². The second-order valence-electron chi connectivity index (χ2n) is 5.55. The fraction of sp³-hybridized carbons (Fsp3) is 1.00. The van der Waals surface area contributed by atoms with Crippen molar-refractivity contribution in [3.05, 3.63) is 0 Å². The number of sulfone groups is 1. The molecular formula is C11H19NO2S. The van der Waals surface area contributed by atoms with Crippen LogP contribution in [0.5, 0.6) is 0 Å². The van der Waals surface area contributed by atoms with Gasteiger partial charge in [0.1, 0.15) is 0 Å². The van der Waals surface area contributed by atoms with Gasteiger partial charge in [-0.1, -0.05) is 6.42 Å². The quantitative estimate of drug-likeness (QED) is 0.767. The number of fused-ring (bicyclic) bond motifs is 2. The highest BCUT2D eigenvalue weighted by Gasteiger charge is 2.41. The monoisotopic (exact) mass is 229 g/mol. The van der Waals surface area contributed by atoms with E-state index in [0.29, 0.717) is 17.5 Å². The summed E-state index contributed by atoms with van der Waals surface area (Å²) in [5, 5.41) is 3.59. The van der Waals surface area contributed by atoms with Gasteiger partial charge in [-0.05, 0) is 37.5 Å². The van der Waals surface area contributed by atoms with Crippen LogP contribution in [0.25, 0.3) is 0 Å². The molecule has 4 atom stereocenters. The molecule has 3 fully saturated rings. The Morgan fingerprint density at radius 2 is 1.93 bits per heavy atom. The Bertz CT molecular complexity index is 352. The molecule has 1 N–H and O–H groups in total. The molecule has 2 saturated carbocycles. The van der Waals surface area contributed by atoms with Gasteiger partial charge in [-0.2, -0.15) is 0 Å². The van der Waals surface area contributed by atoms with Crippen LogP contribution in [-0.4, -0.2) is 32.0 Å². The molecule has 1 heterocycles. The van der Waals surface area contributed by atoms with E-state index in [9.17, 15) is 8.42 Å². The average Bonchev–Trinajstić information content (AvgIpc) is 2.81. The van der Waals surface area contributed by atoms with Crippen LogP contribution in [0, 0.1) is 11.8 Å². The topological polar surface area (TPSA) is 46.2 Å². The molecular weight excluding hydrogens is 210 g/mol. The van der Waals surface area contributed by atoms with Crippen LogP contribution >= 0.6 is 0 Å². The van der Waals surface area contributed by atoms with Crippen molar-refractivity contribution in [3.8, 4) is 0 Å². The van der Waals surface area contributed by atoms with Crippen molar-refractivity contribution in [1.29, 1.82) is 0 Å². The third-order valence-electron chi connectivity index (χ3n) is 4.42. The van der Waals surface area contributed by atoms with E-state index >= 15 is 0 Å². The summed E-state index contributed by atoms with van der Waals surface area (Å²) >= 11 is 0. The number of hydrogen-bond acceptors (Lipinski definition) is 3. The fourth-order valence-electron chi connectivity index (χ4n) is 3.68. The van der Waals surface area contributed by atoms with E-state index in [0.717, 1.165) is 18.3 Å². The molecule has 1 aliphatic heterocycles. The summed E-state index contributed by atoms with van der Waals surface area (Å²) in [5.41, 5.74) is 0. The third kappa shape index (κ3) is 1.94. The Kier molecular flexibility index (Phi) is 2.32. The third-order valence-corrected chi connectivity index (χ3v) is 6.19. The van der Waals surface area contributed by atoms with Crippen LogP contribution in [0.1, 0.15) is 32.1 Å². The van der Waals surface area contributed by atoms with E-state index in [4.69, 9.17) is 0 Å². The van der Waals surface area contributed by atoms with Crippen LogP contribution in [0.4, 0.5) is 0 Å². The van der Waals surface area contributed by atoms with E-state index in [1.807, 2.05) is 0 Å². The molecule has 2 aliphatic carbocycles. The lowest BCUT2D eigenvalue weighted by Crippen LogP contribution is -2.41. The molecule has 0 spiro atoms. The maximum atomic E-state index is 11.3. The Hall–Kier alpha value is -0.0900. The van der Waals surface area contributed by atoms with Gasteiger partial charge in [0.15, 0.2) is 9.84 Å². The van der Waals surface area contributed by atoms with E-state index in [2.05, 4.69) is 5.32 Å². The molecule has 0 aromatic carbocycles. The molecule has 0 aromatic rings. The largest absolute Gasteiger partial charge is 0.310 e. The number of rotatable bonds is 2. The zero-order valence-corrected chi connectivity index (χ0v) is 9.80. The molecule has 15 heavy (non-hydrogen) atoms. The van der Waals surface area contributed by atoms with Gasteiger partial charge in [0, 0.05) is 12.1 Å². The van der Waals surface area contributed by atoms with Crippen LogP contribution in [-0.2, 0) is 9.84 Å². The summed E-state index contributed by atoms with van der Waals surface area (Å²) in [6.45, 7) is 0. The highest BCUT2D eigenvalue weighted by molar-refractivity contribution is 7.91. The molecule has 1 saturated heterocycles. The standard InChI is InChI=1S/C11H19NO2S/c13-15(14)4-3-10(7-15)12-11-6-8-1-2-9(11)5-8/h8-12H,1-7H2/t8-,9-,10-,11-/m0/s1. The highest BCUT2D eigenvalue weighted by Crippen LogP contribution is 2.44. The number of nitrogens with one attached hydrogen (secondary N) is 1. The first-order valence-electron chi connectivity index (χ1n) is 6.09. The first-order chi connectivity index (χ1) is 7.12. The summed E-state index contributed by atoms with van der Waals surface area (Å²) in [6.07, 6.45) is 6.28. The average molecular weight is 229 g/mol. The molecule has 4 heteroatoms. The van der Waals surface area contributed by atoms with Crippen molar-refractivity contribution in [2.75, 3.05) is 11.5 Å². The van der Waals surface area contributed by atoms with Crippen molar-refractivity contribution in [1.82, 2.24) is 5.32 Å². The minimum absolute atomic E-state index is 0.249. The molecule has 3 nitrogen and oxygen atoms in total. The van der Waals surface area contributed by atoms with Crippen LogP contribution < -0.4 is 5.32 Å². The molecule has 2 bridgehead atoms. The van der Waals surface area contributed by atoms with Crippen LogP contribution in [0.3, 0.4) is 0 Å². The van der Waals surface area contributed by atoms with Crippen molar-refractivity contribution in [3.63, 3.8) is 0 Å². The van der Waals surface area contributed by atoms with Crippen molar-refractivity contribution in [2.45, 2.75) is 44.2 Å². The minimum Gasteiger partial charge on any atom is -0.310 e. The van der Waals surface area contributed by atoms with Gasteiger partial charge in [-0.3, -0.25) is 0 Å². The van der Waals surface area contributed by atoms with Gasteiger partial charge in [-0.15, -0.1) is 0 Å². The normalized spacial score (nSPS) is 47.5. The van der Waals surface area contributed by atoms with Gasteiger partial charge < -0.3 is 5.32 Å². The maximum Gasteiger partial charge on any atom is 0.151 e. The van der Waals surface area contributed by atoms with Crippen molar-refractivity contribution in [2.24, 2.45) is 11.8 Å². The second kappa shape index (κ2) is 3.45. The van der Waals surface area contributed by atoms with Gasteiger partial charge in [0.2, 0.25) is 0 Å². The maximum absolute atomic E-state index is 11.3. The summed E-state index contributed by atoms with van der Waals surface area (Å²) in [4.78, 5) is 0. The van der Waals surface area contributed by atoms with E-state index in [-0.39, 0.29) is 6.04 Å². The zero-order chi connectivity index (χ0) is 10.5. The van der Waals surface area contributed by atoms with E-state index < -0.39 is 9.84 Å². The number of hydrogen-bond donors (Lipinski definition) is 1.